The van der Waals surface area contributed by atoms with Crippen LogP contribution in [0.1, 0.15) is 73.6 Å². The van der Waals surface area contributed by atoms with Crippen LogP contribution in [-0.4, -0.2) is 0 Å². The first-order valence-corrected chi connectivity index (χ1v) is 12.1. The summed E-state index contributed by atoms with van der Waals surface area (Å²) in [5.41, 5.74) is 6.82. The molecular formula is C30H35F. The molecule has 0 saturated heterocycles. The lowest BCUT2D eigenvalue weighted by Gasteiger charge is -2.28. The minimum Gasteiger partial charge on any atom is -0.206 e. The average molecular weight is 415 g/mol. The van der Waals surface area contributed by atoms with Crippen LogP contribution in [0.3, 0.4) is 0 Å². The first kappa shape index (κ1) is 21.8. The predicted octanol–water partition coefficient (Wildman–Crippen LogP) is 8.66. The third-order valence-electron chi connectivity index (χ3n) is 7.10. The van der Waals surface area contributed by atoms with E-state index in [0.29, 0.717) is 11.5 Å². The molecule has 1 fully saturated rings. The molecule has 0 N–H and O–H groups in total. The van der Waals surface area contributed by atoms with Gasteiger partial charge in [0.2, 0.25) is 0 Å². The molecule has 0 aliphatic heterocycles. The summed E-state index contributed by atoms with van der Waals surface area (Å²) in [5.74, 6) is 1.33. The van der Waals surface area contributed by atoms with E-state index < -0.39 is 0 Å². The van der Waals surface area contributed by atoms with Crippen molar-refractivity contribution in [2.24, 2.45) is 5.92 Å². The van der Waals surface area contributed by atoms with Crippen LogP contribution in [0.15, 0.2) is 66.7 Å². The summed E-state index contributed by atoms with van der Waals surface area (Å²) < 4.78 is 15.0. The van der Waals surface area contributed by atoms with E-state index in [1.54, 1.807) is 6.07 Å². The van der Waals surface area contributed by atoms with Gasteiger partial charge in [0.25, 0.3) is 0 Å². The van der Waals surface area contributed by atoms with Crippen molar-refractivity contribution < 1.29 is 4.39 Å². The molecule has 1 heteroatoms. The Morgan fingerprint density at radius 3 is 1.97 bits per heavy atom. The Kier molecular flexibility index (Phi) is 7.22. The molecule has 4 rings (SSSR count). The second kappa shape index (κ2) is 10.3. The highest BCUT2D eigenvalue weighted by atomic mass is 19.1. The van der Waals surface area contributed by atoms with Gasteiger partial charge < -0.3 is 0 Å². The summed E-state index contributed by atoms with van der Waals surface area (Å²) in [4.78, 5) is 0. The van der Waals surface area contributed by atoms with Crippen LogP contribution in [-0.2, 0) is 12.8 Å². The van der Waals surface area contributed by atoms with Crippen molar-refractivity contribution in [2.75, 3.05) is 0 Å². The van der Waals surface area contributed by atoms with Crippen LogP contribution in [0, 0.1) is 18.7 Å². The van der Waals surface area contributed by atoms with Crippen molar-refractivity contribution in [1.29, 1.82) is 0 Å². The van der Waals surface area contributed by atoms with E-state index in [0.717, 1.165) is 24.3 Å². The van der Waals surface area contributed by atoms with Gasteiger partial charge in [0.15, 0.2) is 0 Å². The summed E-state index contributed by atoms with van der Waals surface area (Å²) in [6.45, 7) is 4.39. The third-order valence-corrected chi connectivity index (χ3v) is 7.10. The van der Waals surface area contributed by atoms with E-state index in [1.165, 1.54) is 60.8 Å². The maximum absolute atomic E-state index is 15.0. The molecule has 162 valence electrons. The van der Waals surface area contributed by atoms with Crippen molar-refractivity contribution in [3.8, 4) is 11.1 Å². The molecule has 3 aromatic rings. The molecule has 0 spiro atoms. The standard InChI is InChI=1S/C30H35F/c1-3-4-23-11-15-26(16-12-23)28-19-20-29(30(31)21-28)27-17-13-25(14-18-27)10-9-24-7-5-22(2)6-8-24/h5-8,13-14,17-21,23,26H,3-4,9-12,15-16H2,1-2H3. The third kappa shape index (κ3) is 5.64. The number of hydrogen-bond acceptors (Lipinski definition) is 0. The highest BCUT2D eigenvalue weighted by Crippen LogP contribution is 2.38. The lowest BCUT2D eigenvalue weighted by atomic mass is 9.77. The molecule has 0 atom stereocenters. The summed E-state index contributed by atoms with van der Waals surface area (Å²) in [6, 6.07) is 23.1. The fourth-order valence-electron chi connectivity index (χ4n) is 5.11. The van der Waals surface area contributed by atoms with E-state index in [-0.39, 0.29) is 5.82 Å². The molecule has 1 saturated carbocycles. The first-order valence-electron chi connectivity index (χ1n) is 12.1. The van der Waals surface area contributed by atoms with Gasteiger partial charge in [-0.25, -0.2) is 4.39 Å². The Labute approximate surface area is 187 Å². The summed E-state index contributed by atoms with van der Waals surface area (Å²) in [7, 11) is 0. The van der Waals surface area contributed by atoms with Crippen molar-refractivity contribution in [2.45, 2.75) is 71.1 Å². The van der Waals surface area contributed by atoms with Crippen LogP contribution >= 0.6 is 0 Å². The van der Waals surface area contributed by atoms with E-state index in [1.807, 2.05) is 6.07 Å². The van der Waals surface area contributed by atoms with E-state index in [4.69, 9.17) is 0 Å². The molecule has 0 radical (unpaired) electrons. The van der Waals surface area contributed by atoms with Gasteiger partial charge in [0.1, 0.15) is 5.82 Å². The topological polar surface area (TPSA) is 0 Å². The molecule has 1 aliphatic carbocycles. The Morgan fingerprint density at radius 2 is 1.39 bits per heavy atom. The number of rotatable bonds is 7. The zero-order valence-corrected chi connectivity index (χ0v) is 19.0. The largest absolute Gasteiger partial charge is 0.206 e. The minimum atomic E-state index is -0.0828. The lowest BCUT2D eigenvalue weighted by molar-refractivity contribution is 0.308. The second-order valence-corrected chi connectivity index (χ2v) is 9.43. The monoisotopic (exact) mass is 414 g/mol. The lowest BCUT2D eigenvalue weighted by Crippen LogP contribution is -2.13. The van der Waals surface area contributed by atoms with Gasteiger partial charge in [-0.1, -0.05) is 86.0 Å². The Hall–Kier alpha value is -2.41. The molecule has 1 aliphatic rings. The van der Waals surface area contributed by atoms with E-state index in [9.17, 15) is 4.39 Å². The van der Waals surface area contributed by atoms with Gasteiger partial charge in [0, 0.05) is 5.56 Å². The fraction of sp³-hybridized carbons (Fsp3) is 0.400. The van der Waals surface area contributed by atoms with Gasteiger partial charge in [-0.15, -0.1) is 0 Å². The smallest absolute Gasteiger partial charge is 0.131 e. The Morgan fingerprint density at radius 1 is 0.774 bits per heavy atom. The zero-order chi connectivity index (χ0) is 21.6. The van der Waals surface area contributed by atoms with Gasteiger partial charge in [0.05, 0.1) is 0 Å². The normalized spacial score (nSPS) is 18.8. The molecule has 0 amide bonds. The van der Waals surface area contributed by atoms with Crippen molar-refractivity contribution >= 4 is 0 Å². The maximum Gasteiger partial charge on any atom is 0.131 e. The van der Waals surface area contributed by atoms with Crippen LogP contribution < -0.4 is 0 Å². The first-order chi connectivity index (χ1) is 15.1. The number of hydrogen-bond donors (Lipinski definition) is 0. The van der Waals surface area contributed by atoms with Crippen LogP contribution in [0.5, 0.6) is 0 Å². The summed E-state index contributed by atoms with van der Waals surface area (Å²) in [6.07, 6.45) is 9.68. The Balaban J connectivity index is 1.38. The summed E-state index contributed by atoms with van der Waals surface area (Å²) >= 11 is 0. The van der Waals surface area contributed by atoms with Gasteiger partial charge in [-0.05, 0) is 85.6 Å². The van der Waals surface area contributed by atoms with E-state index in [2.05, 4.69) is 68.4 Å². The second-order valence-electron chi connectivity index (χ2n) is 9.43. The van der Waals surface area contributed by atoms with Crippen LogP contribution in [0.25, 0.3) is 11.1 Å². The van der Waals surface area contributed by atoms with Crippen molar-refractivity contribution in [3.63, 3.8) is 0 Å². The highest BCUT2D eigenvalue weighted by Gasteiger charge is 2.22. The summed E-state index contributed by atoms with van der Waals surface area (Å²) in [5, 5.41) is 0. The molecular weight excluding hydrogens is 379 g/mol. The molecule has 3 aromatic carbocycles. The average Bonchev–Trinajstić information content (AvgIpc) is 2.80. The Bertz CT molecular complexity index is 960. The number of halogens is 1. The SMILES string of the molecule is CCCC1CCC(c2ccc(-c3ccc(CCc4ccc(C)cc4)cc3)c(F)c2)CC1. The van der Waals surface area contributed by atoms with Crippen LogP contribution in [0.4, 0.5) is 4.39 Å². The molecule has 0 aromatic heterocycles. The van der Waals surface area contributed by atoms with Crippen LogP contribution in [0.2, 0.25) is 0 Å². The molecule has 31 heavy (non-hydrogen) atoms. The minimum absolute atomic E-state index is 0.0828. The van der Waals surface area contributed by atoms with Gasteiger partial charge in [-0.2, -0.15) is 0 Å². The molecule has 0 bridgehead atoms. The van der Waals surface area contributed by atoms with Crippen molar-refractivity contribution in [1.82, 2.24) is 0 Å². The quantitative estimate of drug-likeness (QED) is 0.363. The van der Waals surface area contributed by atoms with Gasteiger partial charge >= 0.3 is 0 Å². The van der Waals surface area contributed by atoms with Crippen molar-refractivity contribution in [3.05, 3.63) is 94.8 Å². The van der Waals surface area contributed by atoms with E-state index >= 15 is 0 Å². The van der Waals surface area contributed by atoms with Gasteiger partial charge in [-0.3, -0.25) is 0 Å². The molecule has 0 nitrogen and oxygen atoms in total. The highest BCUT2D eigenvalue weighted by molar-refractivity contribution is 5.65. The zero-order valence-electron chi connectivity index (χ0n) is 19.0. The number of benzene rings is 3. The molecule has 0 heterocycles. The molecule has 0 unspecified atom stereocenters. The maximum atomic E-state index is 15.0. The predicted molar refractivity (Wildman–Crippen MR) is 130 cm³/mol. The fourth-order valence-corrected chi connectivity index (χ4v) is 5.11. The number of aryl methyl sites for hydroxylation is 3.